The maximum absolute atomic E-state index is 12.1. The van der Waals surface area contributed by atoms with Crippen molar-refractivity contribution in [1.82, 2.24) is 15.1 Å². The van der Waals surface area contributed by atoms with Gasteiger partial charge in [-0.05, 0) is 11.6 Å². The Morgan fingerprint density at radius 2 is 2.11 bits per heavy atom. The first-order valence-electron chi connectivity index (χ1n) is 5.75. The minimum Gasteiger partial charge on any atom is -0.395 e. The highest BCUT2D eigenvalue weighted by molar-refractivity contribution is 5.83. The van der Waals surface area contributed by atoms with E-state index in [4.69, 9.17) is 5.11 Å². The van der Waals surface area contributed by atoms with Crippen molar-refractivity contribution in [1.29, 1.82) is 0 Å². The minimum atomic E-state index is -0.507. The van der Waals surface area contributed by atoms with Crippen LogP contribution < -0.4 is 5.32 Å². The van der Waals surface area contributed by atoms with Crippen LogP contribution in [0, 0.1) is 0 Å². The molecule has 0 bridgehead atoms. The normalized spacial score (nSPS) is 12.1. The Balaban J connectivity index is 2.27. The zero-order chi connectivity index (χ0) is 12.8. The third kappa shape index (κ3) is 2.75. The molecule has 5 heteroatoms. The number of aromatic nitrogens is 2. The van der Waals surface area contributed by atoms with Gasteiger partial charge in [0.2, 0.25) is 5.91 Å². The van der Waals surface area contributed by atoms with Crippen molar-refractivity contribution in [2.45, 2.75) is 6.04 Å². The van der Waals surface area contributed by atoms with Gasteiger partial charge in [0, 0.05) is 18.9 Å². The lowest BCUT2D eigenvalue weighted by molar-refractivity contribution is -0.123. The van der Waals surface area contributed by atoms with E-state index < -0.39 is 6.04 Å². The van der Waals surface area contributed by atoms with Gasteiger partial charge >= 0.3 is 0 Å². The molecular weight excluding hydrogens is 230 g/mol. The number of nitrogens with one attached hydrogen (secondary N) is 1. The van der Waals surface area contributed by atoms with Crippen LogP contribution in [-0.2, 0) is 4.79 Å². The van der Waals surface area contributed by atoms with Crippen LogP contribution in [0.2, 0.25) is 0 Å². The molecule has 18 heavy (non-hydrogen) atoms. The van der Waals surface area contributed by atoms with Gasteiger partial charge in [-0.15, -0.1) is 0 Å². The predicted molar refractivity (Wildman–Crippen MR) is 66.9 cm³/mol. The van der Waals surface area contributed by atoms with Crippen molar-refractivity contribution < 1.29 is 9.90 Å². The molecule has 1 unspecified atom stereocenters. The Hall–Kier alpha value is -2.14. The van der Waals surface area contributed by atoms with Gasteiger partial charge in [-0.3, -0.25) is 9.48 Å². The van der Waals surface area contributed by atoms with Crippen molar-refractivity contribution in [3.05, 3.63) is 54.4 Å². The quantitative estimate of drug-likeness (QED) is 0.809. The zero-order valence-electron chi connectivity index (χ0n) is 9.86. The molecule has 0 fully saturated rings. The average Bonchev–Trinajstić information content (AvgIpc) is 2.92. The summed E-state index contributed by atoms with van der Waals surface area (Å²) in [5.41, 5.74) is 0.858. The number of carbonyl (C=O) groups excluding carboxylic acids is 1. The van der Waals surface area contributed by atoms with E-state index in [1.807, 2.05) is 30.3 Å². The van der Waals surface area contributed by atoms with E-state index in [9.17, 15) is 4.79 Å². The van der Waals surface area contributed by atoms with Crippen molar-refractivity contribution in [2.75, 3.05) is 13.2 Å². The van der Waals surface area contributed by atoms with Gasteiger partial charge in [0.1, 0.15) is 0 Å². The summed E-state index contributed by atoms with van der Waals surface area (Å²) in [6.45, 7) is 0.162. The number of hydrogen-bond donors (Lipinski definition) is 2. The highest BCUT2D eigenvalue weighted by Crippen LogP contribution is 2.17. The van der Waals surface area contributed by atoms with Crippen molar-refractivity contribution in [2.24, 2.45) is 0 Å². The topological polar surface area (TPSA) is 67.2 Å². The van der Waals surface area contributed by atoms with Gasteiger partial charge in [-0.25, -0.2) is 0 Å². The summed E-state index contributed by atoms with van der Waals surface area (Å²) in [5, 5.41) is 15.5. The molecule has 0 aliphatic rings. The Kier molecular flexibility index (Phi) is 4.09. The molecule has 2 rings (SSSR count). The number of aliphatic hydroxyl groups excluding tert-OH is 1. The maximum atomic E-state index is 12.1. The van der Waals surface area contributed by atoms with Crippen LogP contribution in [0.1, 0.15) is 11.6 Å². The molecule has 94 valence electrons. The summed E-state index contributed by atoms with van der Waals surface area (Å²) in [6, 6.07) is 10.7. The molecule has 0 saturated heterocycles. The van der Waals surface area contributed by atoms with Crippen molar-refractivity contribution in [3.63, 3.8) is 0 Å². The molecular formula is C13H15N3O2. The third-order valence-corrected chi connectivity index (χ3v) is 2.56. The van der Waals surface area contributed by atoms with E-state index in [-0.39, 0.29) is 19.1 Å². The second kappa shape index (κ2) is 5.97. The molecule has 0 aliphatic heterocycles. The zero-order valence-corrected chi connectivity index (χ0v) is 9.86. The first-order valence-corrected chi connectivity index (χ1v) is 5.75. The average molecular weight is 245 g/mol. The highest BCUT2D eigenvalue weighted by atomic mass is 16.3. The molecule has 0 spiro atoms. The lowest BCUT2D eigenvalue weighted by atomic mass is 10.1. The van der Waals surface area contributed by atoms with E-state index in [0.717, 1.165) is 5.56 Å². The Bertz CT molecular complexity index is 482. The summed E-state index contributed by atoms with van der Waals surface area (Å²) < 4.78 is 1.60. The number of aliphatic hydroxyl groups is 1. The predicted octanol–water partition coefficient (Wildman–Crippen LogP) is 0.581. The molecule has 1 amide bonds. The van der Waals surface area contributed by atoms with Gasteiger partial charge in [-0.2, -0.15) is 5.10 Å². The van der Waals surface area contributed by atoms with E-state index >= 15 is 0 Å². The molecule has 0 saturated carbocycles. The smallest absolute Gasteiger partial charge is 0.249 e. The van der Waals surface area contributed by atoms with Crippen molar-refractivity contribution in [3.8, 4) is 0 Å². The van der Waals surface area contributed by atoms with Gasteiger partial charge in [0.05, 0.1) is 6.61 Å². The molecule has 1 atom stereocenters. The lowest BCUT2D eigenvalue weighted by Gasteiger charge is -2.17. The fraction of sp³-hybridized carbons (Fsp3) is 0.231. The minimum absolute atomic E-state index is 0.0770. The van der Waals surface area contributed by atoms with Crippen LogP contribution in [0.25, 0.3) is 0 Å². The summed E-state index contributed by atoms with van der Waals surface area (Å²) in [4.78, 5) is 12.1. The second-order valence-corrected chi connectivity index (χ2v) is 3.81. The number of benzene rings is 1. The number of amides is 1. The van der Waals surface area contributed by atoms with E-state index in [0.29, 0.717) is 0 Å². The monoisotopic (exact) mass is 245 g/mol. The number of rotatable bonds is 5. The molecule has 1 aromatic carbocycles. The molecule has 0 radical (unpaired) electrons. The summed E-state index contributed by atoms with van der Waals surface area (Å²) in [6.07, 6.45) is 3.38. The Labute approximate surface area is 105 Å². The lowest BCUT2D eigenvalue weighted by Crippen LogP contribution is -2.35. The Morgan fingerprint density at radius 3 is 2.72 bits per heavy atom. The fourth-order valence-electron chi connectivity index (χ4n) is 1.77. The van der Waals surface area contributed by atoms with Gasteiger partial charge in [0.25, 0.3) is 0 Å². The second-order valence-electron chi connectivity index (χ2n) is 3.81. The Morgan fingerprint density at radius 1 is 1.33 bits per heavy atom. The van der Waals surface area contributed by atoms with Crippen LogP contribution in [0.5, 0.6) is 0 Å². The summed E-state index contributed by atoms with van der Waals surface area (Å²) >= 11 is 0. The standard InChI is InChI=1S/C13H15N3O2/c17-10-8-14-13(18)12(16-9-4-7-15-16)11-5-2-1-3-6-11/h1-7,9,12,17H,8,10H2,(H,14,18). The molecule has 1 aromatic heterocycles. The maximum Gasteiger partial charge on any atom is 0.249 e. The molecule has 2 aromatic rings. The fourth-order valence-corrected chi connectivity index (χ4v) is 1.77. The molecule has 5 nitrogen and oxygen atoms in total. The number of hydrogen-bond acceptors (Lipinski definition) is 3. The van der Waals surface area contributed by atoms with E-state index in [1.54, 1.807) is 23.1 Å². The largest absolute Gasteiger partial charge is 0.395 e. The van der Waals surface area contributed by atoms with Crippen LogP contribution in [0.3, 0.4) is 0 Å². The molecule has 1 heterocycles. The van der Waals surface area contributed by atoms with Crippen LogP contribution in [-0.4, -0.2) is 33.9 Å². The molecule has 2 N–H and O–H groups in total. The van der Waals surface area contributed by atoms with Crippen LogP contribution in [0.4, 0.5) is 0 Å². The van der Waals surface area contributed by atoms with Gasteiger partial charge in [-0.1, -0.05) is 30.3 Å². The van der Waals surface area contributed by atoms with E-state index in [1.165, 1.54) is 0 Å². The molecule has 0 aliphatic carbocycles. The number of carbonyl (C=O) groups is 1. The van der Waals surface area contributed by atoms with Crippen LogP contribution in [0.15, 0.2) is 48.8 Å². The number of nitrogens with zero attached hydrogens (tertiary/aromatic N) is 2. The first kappa shape index (κ1) is 12.3. The van der Waals surface area contributed by atoms with Gasteiger partial charge in [0.15, 0.2) is 6.04 Å². The summed E-state index contributed by atoms with van der Waals surface area (Å²) in [7, 11) is 0. The third-order valence-electron chi connectivity index (χ3n) is 2.56. The summed E-state index contributed by atoms with van der Waals surface area (Å²) in [5.74, 6) is -0.182. The SMILES string of the molecule is O=C(NCCO)C(c1ccccc1)n1cccn1. The first-order chi connectivity index (χ1) is 8.83. The van der Waals surface area contributed by atoms with Crippen molar-refractivity contribution >= 4 is 5.91 Å². The highest BCUT2D eigenvalue weighted by Gasteiger charge is 2.22. The van der Waals surface area contributed by atoms with Gasteiger partial charge < -0.3 is 10.4 Å². The van der Waals surface area contributed by atoms with Crippen LogP contribution >= 0.6 is 0 Å². The van der Waals surface area contributed by atoms with E-state index in [2.05, 4.69) is 10.4 Å².